The summed E-state index contributed by atoms with van der Waals surface area (Å²) >= 11 is 0. The van der Waals surface area contributed by atoms with Gasteiger partial charge in [-0.3, -0.25) is 0 Å². The molecule has 0 spiro atoms. The van der Waals surface area contributed by atoms with Gasteiger partial charge < -0.3 is 10.00 Å². The van der Waals surface area contributed by atoms with Crippen molar-refractivity contribution in [3.63, 3.8) is 0 Å². The lowest BCUT2D eigenvalue weighted by Gasteiger charge is -1.86. The first-order valence-electron chi connectivity index (χ1n) is 1.78. The summed E-state index contributed by atoms with van der Waals surface area (Å²) in [6.45, 7) is 1.10. The highest BCUT2D eigenvalue weighted by atomic mass is 31.1. The minimum absolute atomic E-state index is 0.417. The Kier molecular flexibility index (Phi) is 2.62. The number of hydrogen-bond acceptors (Lipinski definition) is 3. The number of carbonyl (C=O) groups is 1. The summed E-state index contributed by atoms with van der Waals surface area (Å²) < 4.78 is 0. The van der Waals surface area contributed by atoms with Crippen LogP contribution in [-0.4, -0.2) is 21.3 Å². The molecule has 1 atom stereocenters. The Morgan fingerprint density at radius 3 is 2.12 bits per heavy atom. The van der Waals surface area contributed by atoms with Crippen LogP contribution in [0.5, 0.6) is 0 Å². The molecule has 0 amide bonds. The predicted molar refractivity (Wildman–Crippen MR) is 27.5 cm³/mol. The average molecular weight is 136 g/mol. The number of hydrogen-bond donors (Lipinski definition) is 2. The molecule has 1 unspecified atom stereocenters. The van der Waals surface area contributed by atoms with Crippen molar-refractivity contribution >= 4 is 19.3 Å². The first-order chi connectivity index (χ1) is 3.55. The summed E-state index contributed by atoms with van der Waals surface area (Å²) in [5.74, 6) is -1.33. The van der Waals surface area contributed by atoms with Gasteiger partial charge in [0.15, 0.2) is 0 Å². The van der Waals surface area contributed by atoms with Crippen LogP contribution in [0.2, 0.25) is 0 Å². The lowest BCUT2D eigenvalue weighted by Crippen LogP contribution is -2.10. The average Bonchev–Trinajstić information content (AvgIpc) is 1.64. The standard InChI is InChI=1S/C3H5O4P/c1-2(3(4)5)8(6)7/h1H3,(H,4,5)(H,6,7). The van der Waals surface area contributed by atoms with E-state index in [4.69, 9.17) is 10.00 Å². The van der Waals surface area contributed by atoms with Gasteiger partial charge in [0.2, 0.25) is 13.3 Å². The summed E-state index contributed by atoms with van der Waals surface area (Å²) in [7, 11) is -2.63. The third-order valence-electron chi connectivity index (χ3n) is 0.596. The van der Waals surface area contributed by atoms with Gasteiger partial charge >= 0.3 is 5.97 Å². The van der Waals surface area contributed by atoms with Crippen molar-refractivity contribution in [2.24, 2.45) is 0 Å². The largest absolute Gasteiger partial charge is 0.603 e. The Morgan fingerprint density at radius 1 is 1.75 bits per heavy atom. The number of carboxylic acids is 1. The molecule has 8 heavy (non-hydrogen) atoms. The molecule has 4 nitrogen and oxygen atoms in total. The van der Waals surface area contributed by atoms with Crippen LogP contribution in [0.4, 0.5) is 0 Å². The first kappa shape index (κ1) is 7.56. The van der Waals surface area contributed by atoms with Crippen LogP contribution in [0, 0.1) is 0 Å². The number of aliphatic carboxylic acids is 1. The van der Waals surface area contributed by atoms with Crippen LogP contribution in [0.15, 0.2) is 0 Å². The fourth-order valence-corrected chi connectivity index (χ4v) is 0.245. The molecule has 0 radical (unpaired) electrons. The van der Waals surface area contributed by atoms with E-state index in [9.17, 15) is 9.69 Å². The van der Waals surface area contributed by atoms with Crippen LogP contribution in [-0.2, 0) is 4.79 Å². The summed E-state index contributed by atoms with van der Waals surface area (Å²) in [4.78, 5) is 27.7. The van der Waals surface area contributed by atoms with Crippen LogP contribution in [0.3, 0.4) is 0 Å². The quantitative estimate of drug-likeness (QED) is 0.449. The van der Waals surface area contributed by atoms with E-state index < -0.39 is 19.3 Å². The molecule has 0 saturated carbocycles. The molecule has 0 aromatic carbocycles. The summed E-state index contributed by atoms with van der Waals surface area (Å²) in [6, 6.07) is 0. The topological polar surface area (TPSA) is 80.6 Å². The molecule has 0 bridgehead atoms. The SMILES string of the molecule is C/C(C(=O)O)=[P+](/[O-])O. The summed E-state index contributed by atoms with van der Waals surface area (Å²) in [5, 5.41) is 7.55. The van der Waals surface area contributed by atoms with Gasteiger partial charge in [-0.2, -0.15) is 4.89 Å². The molecule has 0 heterocycles. The van der Waals surface area contributed by atoms with Crippen molar-refractivity contribution in [2.45, 2.75) is 6.92 Å². The van der Waals surface area contributed by atoms with Gasteiger partial charge in [-0.15, -0.1) is 0 Å². The zero-order valence-electron chi connectivity index (χ0n) is 4.16. The Labute approximate surface area is 46.9 Å². The molecular formula is C3H5O4P. The van der Waals surface area contributed by atoms with Gasteiger partial charge in [0.1, 0.15) is 0 Å². The molecule has 0 aromatic rings. The Bertz CT molecular complexity index is 134. The van der Waals surface area contributed by atoms with Crippen LogP contribution < -0.4 is 4.89 Å². The molecule has 0 aliphatic rings. The molecule has 0 aliphatic heterocycles. The Balaban J connectivity index is 4.23. The third-order valence-corrected chi connectivity index (χ3v) is 1.36. The lowest BCUT2D eigenvalue weighted by molar-refractivity contribution is -0.167. The molecule has 0 fully saturated rings. The maximum atomic E-state index is 9.87. The summed E-state index contributed by atoms with van der Waals surface area (Å²) in [6.07, 6.45) is 0. The first-order valence-corrected chi connectivity index (χ1v) is 3.00. The van der Waals surface area contributed by atoms with Gasteiger partial charge in [0.05, 0.1) is 0 Å². The smallest absolute Gasteiger partial charge is 0.376 e. The Morgan fingerprint density at radius 2 is 2.12 bits per heavy atom. The molecule has 46 valence electrons. The zero-order valence-corrected chi connectivity index (χ0v) is 5.05. The lowest BCUT2D eigenvalue weighted by atomic mass is 10.5. The van der Waals surface area contributed by atoms with Gasteiger partial charge in [-0.05, 0) is 0 Å². The number of carboxylic acid groups (broad SMARTS) is 1. The van der Waals surface area contributed by atoms with E-state index in [-0.39, 0.29) is 0 Å². The van der Waals surface area contributed by atoms with Crippen molar-refractivity contribution in [2.75, 3.05) is 0 Å². The van der Waals surface area contributed by atoms with E-state index in [1.165, 1.54) is 0 Å². The fourth-order valence-electron chi connectivity index (χ4n) is 0.0818. The van der Waals surface area contributed by atoms with E-state index in [1.54, 1.807) is 0 Å². The van der Waals surface area contributed by atoms with Gasteiger partial charge in [0.25, 0.3) is 0 Å². The van der Waals surface area contributed by atoms with Gasteiger partial charge in [0, 0.05) is 6.92 Å². The molecule has 0 saturated heterocycles. The van der Waals surface area contributed by atoms with Crippen molar-refractivity contribution in [3.8, 4) is 0 Å². The minimum Gasteiger partial charge on any atom is -0.603 e. The van der Waals surface area contributed by atoms with Gasteiger partial charge in [-0.25, -0.2) is 4.79 Å². The van der Waals surface area contributed by atoms with E-state index >= 15 is 0 Å². The van der Waals surface area contributed by atoms with Crippen molar-refractivity contribution in [3.05, 3.63) is 0 Å². The zero-order chi connectivity index (χ0) is 6.73. The fraction of sp³-hybridized carbons (Fsp3) is 0.333. The van der Waals surface area contributed by atoms with Crippen molar-refractivity contribution in [1.29, 1.82) is 0 Å². The van der Waals surface area contributed by atoms with Gasteiger partial charge in [-0.1, -0.05) is 0 Å². The number of rotatable bonds is 1. The highest BCUT2D eigenvalue weighted by Crippen LogP contribution is 2.03. The van der Waals surface area contributed by atoms with Crippen molar-refractivity contribution in [1.82, 2.24) is 0 Å². The maximum absolute atomic E-state index is 9.87. The van der Waals surface area contributed by atoms with E-state index in [1.807, 2.05) is 0 Å². The van der Waals surface area contributed by atoms with E-state index in [0.717, 1.165) is 6.92 Å². The molecule has 0 rings (SSSR count). The second kappa shape index (κ2) is 2.77. The van der Waals surface area contributed by atoms with E-state index in [0.29, 0.717) is 0 Å². The highest BCUT2D eigenvalue weighted by Gasteiger charge is 2.09. The molecular weight excluding hydrogens is 131 g/mol. The monoisotopic (exact) mass is 136 g/mol. The van der Waals surface area contributed by atoms with Crippen LogP contribution >= 0.6 is 8.00 Å². The molecule has 2 N–H and O–H groups in total. The van der Waals surface area contributed by atoms with Crippen LogP contribution in [0.25, 0.3) is 0 Å². The maximum Gasteiger partial charge on any atom is 0.376 e. The van der Waals surface area contributed by atoms with Crippen LogP contribution in [0.1, 0.15) is 6.92 Å². The Hall–Kier alpha value is -0.440. The highest BCUT2D eigenvalue weighted by molar-refractivity contribution is 7.48. The molecule has 0 aromatic heterocycles. The molecule has 5 heteroatoms. The van der Waals surface area contributed by atoms with E-state index in [2.05, 4.69) is 0 Å². The van der Waals surface area contributed by atoms with Crippen molar-refractivity contribution < 1.29 is 19.7 Å². The molecule has 0 aliphatic carbocycles. The second-order valence-corrected chi connectivity index (χ2v) is 2.38. The third kappa shape index (κ3) is 2.02. The minimum atomic E-state index is -2.63. The normalized spacial score (nSPS) is 12.9. The predicted octanol–water partition coefficient (Wildman–Crippen LogP) is -1.07. The summed E-state index contributed by atoms with van der Waals surface area (Å²) in [5.41, 5.74) is 0. The second-order valence-electron chi connectivity index (χ2n) is 1.16.